The molecule has 0 unspecified atom stereocenters. The van der Waals surface area contributed by atoms with E-state index in [9.17, 15) is 22.0 Å². The van der Waals surface area contributed by atoms with Crippen molar-refractivity contribution in [3.63, 3.8) is 0 Å². The van der Waals surface area contributed by atoms with E-state index in [1.165, 1.54) is 12.1 Å². The third kappa shape index (κ3) is 2.82. The Morgan fingerprint density at radius 3 is 1.88 bits per heavy atom. The quantitative estimate of drug-likeness (QED) is 0.826. The lowest BCUT2D eigenvalue weighted by atomic mass is 10.2. The zero-order valence-electron chi connectivity index (χ0n) is 7.76. The van der Waals surface area contributed by atoms with Crippen LogP contribution in [-0.4, -0.2) is 17.4 Å². The van der Waals surface area contributed by atoms with E-state index < -0.39 is 18.0 Å². The van der Waals surface area contributed by atoms with Crippen LogP contribution in [0.25, 0.3) is 0 Å². The Balaban J connectivity index is 2.80. The minimum absolute atomic E-state index is 0.337. The van der Waals surface area contributed by atoms with Crippen LogP contribution < -0.4 is 4.74 Å². The Morgan fingerprint density at radius 2 is 1.50 bits per heavy atom. The van der Waals surface area contributed by atoms with Gasteiger partial charge in [-0.1, -0.05) is 12.1 Å². The zero-order chi connectivity index (χ0) is 12.4. The van der Waals surface area contributed by atoms with Crippen LogP contribution in [0.4, 0.5) is 22.0 Å². The number of hydrogen-bond acceptors (Lipinski definition) is 2. The smallest absolute Gasteiger partial charge is 0.426 e. The summed E-state index contributed by atoms with van der Waals surface area (Å²) in [5.74, 6) is -0.625. The second-order valence-electron chi connectivity index (χ2n) is 2.92. The SMILES string of the molecule is OCc1ccc(OC(F)(F)C(F)(F)F)cc1. The van der Waals surface area contributed by atoms with Crippen molar-refractivity contribution in [2.24, 2.45) is 0 Å². The largest absolute Gasteiger partial charge is 0.499 e. The molecule has 0 saturated carbocycles. The molecule has 1 aromatic carbocycles. The van der Waals surface area contributed by atoms with E-state index >= 15 is 0 Å². The monoisotopic (exact) mass is 242 g/mol. The molecule has 16 heavy (non-hydrogen) atoms. The van der Waals surface area contributed by atoms with Crippen molar-refractivity contribution >= 4 is 0 Å². The van der Waals surface area contributed by atoms with Crippen LogP contribution in [0.1, 0.15) is 5.56 Å². The molecule has 0 atom stereocenters. The lowest BCUT2D eigenvalue weighted by Crippen LogP contribution is -2.41. The van der Waals surface area contributed by atoms with Crippen LogP contribution in [0.5, 0.6) is 5.75 Å². The van der Waals surface area contributed by atoms with Gasteiger partial charge in [0.1, 0.15) is 5.75 Å². The topological polar surface area (TPSA) is 29.5 Å². The standard InChI is InChI=1S/C9H7F5O2/c10-8(11,12)9(13,14)16-7-3-1-6(5-15)2-4-7/h1-4,15H,5H2. The van der Waals surface area contributed by atoms with Crippen molar-refractivity contribution < 1.29 is 31.8 Å². The molecule has 0 aliphatic rings. The minimum Gasteiger partial charge on any atom is -0.426 e. The normalized spacial score (nSPS) is 12.6. The van der Waals surface area contributed by atoms with E-state index in [0.717, 1.165) is 12.1 Å². The van der Waals surface area contributed by atoms with E-state index in [1.807, 2.05) is 0 Å². The second kappa shape index (κ2) is 4.25. The number of halogens is 5. The Kier molecular flexibility index (Phi) is 3.37. The first kappa shape index (κ1) is 12.7. The van der Waals surface area contributed by atoms with Crippen molar-refractivity contribution in [2.45, 2.75) is 18.9 Å². The van der Waals surface area contributed by atoms with Crippen LogP contribution in [0, 0.1) is 0 Å². The van der Waals surface area contributed by atoms with Crippen molar-refractivity contribution in [3.8, 4) is 5.75 Å². The van der Waals surface area contributed by atoms with Gasteiger partial charge in [0.05, 0.1) is 6.61 Å². The summed E-state index contributed by atoms with van der Waals surface area (Å²) in [6.45, 7) is -0.337. The highest BCUT2D eigenvalue weighted by molar-refractivity contribution is 5.27. The van der Waals surface area contributed by atoms with Crippen LogP contribution in [0.15, 0.2) is 24.3 Å². The summed E-state index contributed by atoms with van der Waals surface area (Å²) in [5, 5.41) is 8.62. The van der Waals surface area contributed by atoms with Gasteiger partial charge in [0, 0.05) is 0 Å². The number of hydrogen-bond donors (Lipinski definition) is 1. The van der Waals surface area contributed by atoms with Gasteiger partial charge in [0.2, 0.25) is 0 Å². The van der Waals surface area contributed by atoms with Gasteiger partial charge in [-0.05, 0) is 17.7 Å². The number of aliphatic hydroxyl groups is 1. The van der Waals surface area contributed by atoms with Gasteiger partial charge in [-0.2, -0.15) is 22.0 Å². The third-order valence-corrected chi connectivity index (χ3v) is 1.68. The molecule has 1 aromatic rings. The average molecular weight is 242 g/mol. The Hall–Kier alpha value is -1.37. The van der Waals surface area contributed by atoms with Gasteiger partial charge in [0.25, 0.3) is 0 Å². The molecule has 0 heterocycles. The molecule has 1 rings (SSSR count). The molecule has 0 aliphatic carbocycles. The Labute approximate surface area is 87.3 Å². The fraction of sp³-hybridized carbons (Fsp3) is 0.333. The maximum Gasteiger partial charge on any atom is 0.499 e. The summed E-state index contributed by atoms with van der Waals surface area (Å²) < 4.78 is 63.6. The molecular weight excluding hydrogens is 235 g/mol. The van der Waals surface area contributed by atoms with Gasteiger partial charge < -0.3 is 9.84 Å². The average Bonchev–Trinajstić information content (AvgIpc) is 2.16. The van der Waals surface area contributed by atoms with Gasteiger partial charge in [-0.3, -0.25) is 0 Å². The van der Waals surface area contributed by atoms with Gasteiger partial charge in [0.15, 0.2) is 0 Å². The van der Waals surface area contributed by atoms with Crippen LogP contribution in [0.3, 0.4) is 0 Å². The predicted molar refractivity (Wildman–Crippen MR) is 44.0 cm³/mol. The first-order chi connectivity index (χ1) is 7.26. The first-order valence-electron chi connectivity index (χ1n) is 4.09. The molecule has 0 radical (unpaired) electrons. The number of benzene rings is 1. The molecular formula is C9H7F5O2. The maximum atomic E-state index is 12.4. The molecule has 0 aliphatic heterocycles. The van der Waals surface area contributed by atoms with Crippen LogP contribution in [-0.2, 0) is 6.61 Å². The van der Waals surface area contributed by atoms with Gasteiger partial charge in [-0.15, -0.1) is 0 Å². The summed E-state index contributed by atoms with van der Waals surface area (Å²) in [6.07, 6.45) is -11.0. The molecule has 0 amide bonds. The van der Waals surface area contributed by atoms with Gasteiger partial charge in [-0.25, -0.2) is 0 Å². The van der Waals surface area contributed by atoms with Crippen molar-refractivity contribution in [2.75, 3.05) is 0 Å². The second-order valence-corrected chi connectivity index (χ2v) is 2.92. The molecule has 0 spiro atoms. The lowest BCUT2D eigenvalue weighted by molar-refractivity contribution is -0.360. The van der Waals surface area contributed by atoms with Crippen LogP contribution in [0.2, 0.25) is 0 Å². The fourth-order valence-corrected chi connectivity index (χ4v) is 0.869. The zero-order valence-corrected chi connectivity index (χ0v) is 7.76. The van der Waals surface area contributed by atoms with E-state index in [-0.39, 0.29) is 6.61 Å². The van der Waals surface area contributed by atoms with Crippen molar-refractivity contribution in [1.82, 2.24) is 0 Å². The number of alkyl halides is 5. The summed E-state index contributed by atoms with van der Waals surface area (Å²) in [7, 11) is 0. The fourth-order valence-electron chi connectivity index (χ4n) is 0.869. The highest BCUT2D eigenvalue weighted by Crippen LogP contribution is 2.37. The Bertz CT molecular complexity index is 344. The summed E-state index contributed by atoms with van der Waals surface area (Å²) in [6, 6.07) is 4.21. The molecule has 90 valence electrons. The van der Waals surface area contributed by atoms with E-state index in [2.05, 4.69) is 4.74 Å². The molecule has 0 fully saturated rings. The third-order valence-electron chi connectivity index (χ3n) is 1.68. The molecule has 0 aromatic heterocycles. The minimum atomic E-state index is -5.76. The van der Waals surface area contributed by atoms with E-state index in [1.54, 1.807) is 0 Å². The molecule has 7 heteroatoms. The van der Waals surface area contributed by atoms with Crippen LogP contribution >= 0.6 is 0 Å². The van der Waals surface area contributed by atoms with Crippen molar-refractivity contribution in [1.29, 1.82) is 0 Å². The summed E-state index contributed by atoms with van der Waals surface area (Å²) >= 11 is 0. The van der Waals surface area contributed by atoms with Crippen molar-refractivity contribution in [3.05, 3.63) is 29.8 Å². The number of rotatable bonds is 3. The molecule has 0 bridgehead atoms. The molecule has 2 nitrogen and oxygen atoms in total. The van der Waals surface area contributed by atoms with E-state index in [4.69, 9.17) is 5.11 Å². The number of aliphatic hydroxyl groups excluding tert-OH is 1. The highest BCUT2D eigenvalue weighted by Gasteiger charge is 2.61. The van der Waals surface area contributed by atoms with Gasteiger partial charge >= 0.3 is 12.3 Å². The Morgan fingerprint density at radius 1 is 1.00 bits per heavy atom. The lowest BCUT2D eigenvalue weighted by Gasteiger charge is -2.20. The molecule has 1 N–H and O–H groups in total. The summed E-state index contributed by atoms with van der Waals surface area (Å²) in [4.78, 5) is 0. The maximum absolute atomic E-state index is 12.4. The first-order valence-corrected chi connectivity index (χ1v) is 4.09. The summed E-state index contributed by atoms with van der Waals surface area (Å²) in [5.41, 5.74) is 0.377. The number of ether oxygens (including phenoxy) is 1. The molecule has 0 saturated heterocycles. The highest BCUT2D eigenvalue weighted by atomic mass is 19.4. The predicted octanol–water partition coefficient (Wildman–Crippen LogP) is 2.71. The van der Waals surface area contributed by atoms with E-state index in [0.29, 0.717) is 5.56 Å².